The van der Waals surface area contributed by atoms with Crippen molar-refractivity contribution < 1.29 is 9.90 Å². The molecule has 0 aliphatic carbocycles. The molecule has 3 heteroatoms. The summed E-state index contributed by atoms with van der Waals surface area (Å²) >= 11 is 0. The molecular formula is C15H23NO2. The zero-order valence-corrected chi connectivity index (χ0v) is 11.3. The molecule has 0 aliphatic heterocycles. The molecule has 1 atom stereocenters. The predicted molar refractivity (Wildman–Crippen MR) is 73.8 cm³/mol. The SMILES string of the molecule is CC(CN(C)CCCCC(=O)O)c1ccccc1. The van der Waals surface area contributed by atoms with Crippen LogP contribution < -0.4 is 0 Å². The van der Waals surface area contributed by atoms with Crippen LogP contribution in [0.1, 0.15) is 37.7 Å². The van der Waals surface area contributed by atoms with Gasteiger partial charge in [0.2, 0.25) is 0 Å². The monoisotopic (exact) mass is 249 g/mol. The molecule has 18 heavy (non-hydrogen) atoms. The highest BCUT2D eigenvalue weighted by Crippen LogP contribution is 2.15. The number of hydrogen-bond donors (Lipinski definition) is 1. The summed E-state index contributed by atoms with van der Waals surface area (Å²) in [6.45, 7) is 4.20. The summed E-state index contributed by atoms with van der Waals surface area (Å²) in [5, 5.41) is 8.56. The summed E-state index contributed by atoms with van der Waals surface area (Å²) in [4.78, 5) is 12.7. The Hall–Kier alpha value is -1.35. The van der Waals surface area contributed by atoms with E-state index in [1.807, 2.05) is 6.07 Å². The summed E-state index contributed by atoms with van der Waals surface area (Å²) in [6, 6.07) is 10.5. The van der Waals surface area contributed by atoms with Crippen molar-refractivity contribution in [1.82, 2.24) is 4.90 Å². The average molecular weight is 249 g/mol. The fourth-order valence-electron chi connectivity index (χ4n) is 2.10. The Bertz CT molecular complexity index is 351. The normalized spacial score (nSPS) is 12.6. The van der Waals surface area contributed by atoms with Crippen molar-refractivity contribution >= 4 is 5.97 Å². The minimum atomic E-state index is -0.699. The van der Waals surface area contributed by atoms with Gasteiger partial charge in [-0.15, -0.1) is 0 Å². The van der Waals surface area contributed by atoms with Gasteiger partial charge in [-0.2, -0.15) is 0 Å². The predicted octanol–water partition coefficient (Wildman–Crippen LogP) is 2.98. The Morgan fingerprint density at radius 3 is 2.56 bits per heavy atom. The first kappa shape index (κ1) is 14.7. The summed E-state index contributed by atoms with van der Waals surface area (Å²) in [7, 11) is 2.10. The Balaban J connectivity index is 2.23. The summed E-state index contributed by atoms with van der Waals surface area (Å²) in [5.74, 6) is -0.189. The van der Waals surface area contributed by atoms with Crippen molar-refractivity contribution in [1.29, 1.82) is 0 Å². The lowest BCUT2D eigenvalue weighted by Gasteiger charge is -2.21. The Kier molecular flexibility index (Phi) is 6.44. The molecule has 0 radical (unpaired) electrons. The average Bonchev–Trinajstić information content (AvgIpc) is 2.35. The van der Waals surface area contributed by atoms with Crippen LogP contribution in [-0.4, -0.2) is 36.1 Å². The molecule has 0 saturated heterocycles. The number of carbonyl (C=O) groups is 1. The number of rotatable bonds is 8. The van der Waals surface area contributed by atoms with E-state index in [0.29, 0.717) is 5.92 Å². The first-order valence-electron chi connectivity index (χ1n) is 6.55. The molecule has 0 amide bonds. The second-order valence-electron chi connectivity index (χ2n) is 4.92. The van der Waals surface area contributed by atoms with E-state index in [4.69, 9.17) is 5.11 Å². The van der Waals surface area contributed by atoms with Crippen LogP contribution in [0.15, 0.2) is 30.3 Å². The number of hydrogen-bond acceptors (Lipinski definition) is 2. The third-order valence-corrected chi connectivity index (χ3v) is 3.13. The van der Waals surface area contributed by atoms with Gasteiger partial charge in [0.05, 0.1) is 0 Å². The van der Waals surface area contributed by atoms with Gasteiger partial charge in [-0.1, -0.05) is 37.3 Å². The van der Waals surface area contributed by atoms with Crippen LogP contribution in [0.2, 0.25) is 0 Å². The molecular weight excluding hydrogens is 226 g/mol. The third kappa shape index (κ3) is 5.82. The van der Waals surface area contributed by atoms with Crippen molar-refractivity contribution in [2.45, 2.75) is 32.1 Å². The van der Waals surface area contributed by atoms with Crippen molar-refractivity contribution in [2.24, 2.45) is 0 Å². The summed E-state index contributed by atoms with van der Waals surface area (Å²) in [5.41, 5.74) is 1.36. The van der Waals surface area contributed by atoms with Crippen LogP contribution in [0.25, 0.3) is 0 Å². The lowest BCUT2D eigenvalue weighted by Crippen LogP contribution is -2.24. The molecule has 1 aromatic carbocycles. The molecule has 0 aromatic heterocycles. The molecule has 0 bridgehead atoms. The molecule has 0 saturated carbocycles. The highest BCUT2D eigenvalue weighted by molar-refractivity contribution is 5.66. The Labute approximate surface area is 109 Å². The Morgan fingerprint density at radius 1 is 1.28 bits per heavy atom. The van der Waals surface area contributed by atoms with Crippen LogP contribution in [0, 0.1) is 0 Å². The van der Waals surface area contributed by atoms with E-state index >= 15 is 0 Å². The van der Waals surface area contributed by atoms with Crippen LogP contribution in [0.3, 0.4) is 0 Å². The number of carboxylic acids is 1. The van der Waals surface area contributed by atoms with Crippen molar-refractivity contribution in [3.63, 3.8) is 0 Å². The molecule has 0 fully saturated rings. The molecule has 3 nitrogen and oxygen atoms in total. The van der Waals surface area contributed by atoms with E-state index in [9.17, 15) is 4.79 Å². The van der Waals surface area contributed by atoms with Gasteiger partial charge in [0.25, 0.3) is 0 Å². The number of benzene rings is 1. The van der Waals surface area contributed by atoms with Crippen LogP contribution in [0.4, 0.5) is 0 Å². The minimum absolute atomic E-state index is 0.280. The lowest BCUT2D eigenvalue weighted by molar-refractivity contribution is -0.137. The molecule has 1 aromatic rings. The van der Waals surface area contributed by atoms with E-state index in [-0.39, 0.29) is 6.42 Å². The minimum Gasteiger partial charge on any atom is -0.481 e. The molecule has 0 spiro atoms. The van der Waals surface area contributed by atoms with Crippen LogP contribution >= 0.6 is 0 Å². The zero-order valence-electron chi connectivity index (χ0n) is 11.3. The molecule has 100 valence electrons. The molecule has 0 aliphatic rings. The highest BCUT2D eigenvalue weighted by Gasteiger charge is 2.08. The second-order valence-corrected chi connectivity index (χ2v) is 4.92. The maximum atomic E-state index is 10.4. The van der Waals surface area contributed by atoms with E-state index in [1.54, 1.807) is 0 Å². The molecule has 1 N–H and O–H groups in total. The Morgan fingerprint density at radius 2 is 1.94 bits per heavy atom. The van der Waals surface area contributed by atoms with Gasteiger partial charge in [-0.05, 0) is 37.9 Å². The number of aliphatic carboxylic acids is 1. The molecule has 1 rings (SSSR count). The number of unbranched alkanes of at least 4 members (excludes halogenated alkanes) is 1. The van der Waals surface area contributed by atoms with Gasteiger partial charge >= 0.3 is 5.97 Å². The second kappa shape index (κ2) is 7.88. The van der Waals surface area contributed by atoms with E-state index < -0.39 is 5.97 Å². The summed E-state index contributed by atoms with van der Waals surface area (Å²) in [6.07, 6.45) is 1.99. The summed E-state index contributed by atoms with van der Waals surface area (Å²) < 4.78 is 0. The van der Waals surface area contributed by atoms with Gasteiger partial charge in [-0.25, -0.2) is 0 Å². The largest absolute Gasteiger partial charge is 0.481 e. The highest BCUT2D eigenvalue weighted by atomic mass is 16.4. The standard InChI is InChI=1S/C15H23NO2/c1-13(14-8-4-3-5-9-14)12-16(2)11-7-6-10-15(17)18/h3-5,8-9,13H,6-7,10-12H2,1-2H3,(H,17,18). The van der Waals surface area contributed by atoms with Crippen LogP contribution in [0.5, 0.6) is 0 Å². The van der Waals surface area contributed by atoms with Crippen molar-refractivity contribution in [2.75, 3.05) is 20.1 Å². The maximum absolute atomic E-state index is 10.4. The number of likely N-dealkylation sites (N-methyl/N-ethyl adjacent to an activating group) is 1. The van der Waals surface area contributed by atoms with E-state index in [0.717, 1.165) is 25.9 Å². The lowest BCUT2D eigenvalue weighted by atomic mass is 10.0. The van der Waals surface area contributed by atoms with E-state index in [1.165, 1.54) is 5.56 Å². The van der Waals surface area contributed by atoms with Crippen molar-refractivity contribution in [3.05, 3.63) is 35.9 Å². The number of nitrogens with zero attached hydrogens (tertiary/aromatic N) is 1. The molecule has 1 unspecified atom stereocenters. The fourth-order valence-corrected chi connectivity index (χ4v) is 2.10. The maximum Gasteiger partial charge on any atom is 0.303 e. The van der Waals surface area contributed by atoms with Gasteiger partial charge in [-0.3, -0.25) is 4.79 Å². The topological polar surface area (TPSA) is 40.5 Å². The third-order valence-electron chi connectivity index (χ3n) is 3.13. The van der Waals surface area contributed by atoms with Gasteiger partial charge in [0, 0.05) is 13.0 Å². The smallest absolute Gasteiger partial charge is 0.303 e. The first-order chi connectivity index (χ1) is 8.59. The zero-order chi connectivity index (χ0) is 13.4. The van der Waals surface area contributed by atoms with Crippen LogP contribution in [-0.2, 0) is 4.79 Å². The van der Waals surface area contributed by atoms with Gasteiger partial charge < -0.3 is 10.0 Å². The number of carboxylic acid groups (broad SMARTS) is 1. The quantitative estimate of drug-likeness (QED) is 0.720. The van der Waals surface area contributed by atoms with Gasteiger partial charge in [0.1, 0.15) is 0 Å². The van der Waals surface area contributed by atoms with E-state index in [2.05, 4.69) is 43.1 Å². The van der Waals surface area contributed by atoms with Crippen molar-refractivity contribution in [3.8, 4) is 0 Å². The fraction of sp³-hybridized carbons (Fsp3) is 0.533. The van der Waals surface area contributed by atoms with Gasteiger partial charge in [0.15, 0.2) is 0 Å². The molecule has 0 heterocycles. The first-order valence-corrected chi connectivity index (χ1v) is 6.55.